The van der Waals surface area contributed by atoms with Crippen molar-refractivity contribution in [3.63, 3.8) is 0 Å². The van der Waals surface area contributed by atoms with Crippen molar-refractivity contribution in [3.05, 3.63) is 59.8 Å². The van der Waals surface area contributed by atoms with Gasteiger partial charge in [0.25, 0.3) is 0 Å². The maximum atomic E-state index is 12.1. The number of para-hydroxylation sites is 1. The van der Waals surface area contributed by atoms with Crippen molar-refractivity contribution in [3.8, 4) is 0 Å². The van der Waals surface area contributed by atoms with Gasteiger partial charge in [-0.25, -0.2) is 8.42 Å². The number of ketones is 1. The molecule has 0 unspecified atom stereocenters. The number of carbonyl (C=O) groups excluding carboxylic acids is 2. The van der Waals surface area contributed by atoms with Crippen molar-refractivity contribution < 1.29 is 27.3 Å². The van der Waals surface area contributed by atoms with Crippen LogP contribution in [0.25, 0.3) is 11.0 Å². The summed E-state index contributed by atoms with van der Waals surface area (Å²) in [5, 5.41) is 4.56. The lowest BCUT2D eigenvalue weighted by molar-refractivity contribution is -0.141. The summed E-state index contributed by atoms with van der Waals surface area (Å²) < 4.78 is 34.7. The average molecular weight is 388 g/mol. The Morgan fingerprint density at radius 1 is 1.11 bits per heavy atom. The number of carbonyl (C=O) groups is 2. The van der Waals surface area contributed by atoms with E-state index >= 15 is 0 Å². The lowest BCUT2D eigenvalue weighted by atomic mass is 10.1. The fourth-order valence-corrected chi connectivity index (χ4v) is 2.99. The first kappa shape index (κ1) is 18.6. The summed E-state index contributed by atoms with van der Waals surface area (Å²) >= 11 is 0. The third kappa shape index (κ3) is 4.91. The van der Waals surface area contributed by atoms with Crippen LogP contribution in [0.1, 0.15) is 16.1 Å². The van der Waals surface area contributed by atoms with E-state index in [-0.39, 0.29) is 6.42 Å². The highest BCUT2D eigenvalue weighted by atomic mass is 32.2. The summed E-state index contributed by atoms with van der Waals surface area (Å²) in [6, 6.07) is 12.9. The van der Waals surface area contributed by atoms with Crippen LogP contribution in [0.4, 0.5) is 5.69 Å². The minimum absolute atomic E-state index is 0.110. The molecule has 0 bridgehead atoms. The quantitative estimate of drug-likeness (QED) is 0.487. The zero-order valence-electron chi connectivity index (χ0n) is 14.3. The Hall–Kier alpha value is -3.20. The maximum Gasteiger partial charge on any atom is 0.312 e. The third-order valence-corrected chi connectivity index (χ3v) is 4.24. The number of fused-ring (bicyclic) bond motifs is 1. The van der Waals surface area contributed by atoms with Gasteiger partial charge in [-0.05, 0) is 36.4 Å². The van der Waals surface area contributed by atoms with Crippen LogP contribution in [0.3, 0.4) is 0 Å². The first-order valence-electron chi connectivity index (χ1n) is 7.92. The van der Waals surface area contributed by atoms with Crippen LogP contribution in [0, 0.1) is 0 Å². The van der Waals surface area contributed by atoms with Crippen molar-refractivity contribution in [1.29, 1.82) is 0 Å². The lowest BCUT2D eigenvalue weighted by Crippen LogP contribution is -2.16. The van der Waals surface area contributed by atoms with Crippen LogP contribution in [0.15, 0.2) is 53.1 Å². The van der Waals surface area contributed by atoms with Crippen molar-refractivity contribution in [2.24, 2.45) is 0 Å². The van der Waals surface area contributed by atoms with Crippen LogP contribution in [0.2, 0.25) is 0 Å². The second-order valence-electron chi connectivity index (χ2n) is 5.84. The number of nitrogens with zero attached hydrogens (tertiary/aromatic N) is 1. The van der Waals surface area contributed by atoms with E-state index in [1.165, 1.54) is 24.3 Å². The molecule has 0 atom stereocenters. The summed E-state index contributed by atoms with van der Waals surface area (Å²) in [6.45, 7) is -0.423. The molecule has 0 amide bonds. The Morgan fingerprint density at radius 2 is 1.81 bits per heavy atom. The normalized spacial score (nSPS) is 11.3. The summed E-state index contributed by atoms with van der Waals surface area (Å²) in [4.78, 5) is 24.1. The Morgan fingerprint density at radius 3 is 2.52 bits per heavy atom. The highest BCUT2D eigenvalue weighted by molar-refractivity contribution is 7.92. The predicted molar refractivity (Wildman–Crippen MR) is 97.9 cm³/mol. The minimum atomic E-state index is -3.39. The van der Waals surface area contributed by atoms with E-state index in [9.17, 15) is 18.0 Å². The molecule has 3 aromatic rings. The summed E-state index contributed by atoms with van der Waals surface area (Å²) in [5.41, 5.74) is 1.65. The van der Waals surface area contributed by atoms with Crippen LogP contribution < -0.4 is 4.72 Å². The molecule has 0 radical (unpaired) electrons. The third-order valence-electron chi connectivity index (χ3n) is 3.64. The molecule has 0 spiro atoms. The number of benzene rings is 2. The topological polar surface area (TPSA) is 116 Å². The van der Waals surface area contributed by atoms with E-state index in [0.29, 0.717) is 22.5 Å². The van der Waals surface area contributed by atoms with E-state index in [1.807, 2.05) is 0 Å². The molecule has 1 heterocycles. The van der Waals surface area contributed by atoms with E-state index < -0.39 is 28.4 Å². The van der Waals surface area contributed by atoms with E-state index in [0.717, 1.165) is 11.6 Å². The number of rotatable bonds is 7. The van der Waals surface area contributed by atoms with E-state index in [2.05, 4.69) is 9.88 Å². The highest BCUT2D eigenvalue weighted by Crippen LogP contribution is 2.18. The number of sulfonamides is 1. The second-order valence-corrected chi connectivity index (χ2v) is 7.59. The van der Waals surface area contributed by atoms with E-state index in [1.54, 1.807) is 24.3 Å². The first-order chi connectivity index (χ1) is 12.8. The van der Waals surface area contributed by atoms with Gasteiger partial charge in [0.2, 0.25) is 10.0 Å². The molecule has 2 aromatic carbocycles. The predicted octanol–water partition coefficient (Wildman–Crippen LogP) is 2.17. The van der Waals surface area contributed by atoms with Crippen LogP contribution in [-0.4, -0.2) is 38.2 Å². The van der Waals surface area contributed by atoms with Crippen LogP contribution in [-0.2, 0) is 26.0 Å². The Labute approximate surface area is 155 Å². The van der Waals surface area contributed by atoms with Gasteiger partial charge >= 0.3 is 5.97 Å². The molecule has 1 aromatic heterocycles. The van der Waals surface area contributed by atoms with Crippen molar-refractivity contribution in [2.45, 2.75) is 6.42 Å². The van der Waals surface area contributed by atoms with Gasteiger partial charge in [-0.2, -0.15) is 0 Å². The number of aromatic nitrogens is 1. The zero-order chi connectivity index (χ0) is 19.4. The second kappa shape index (κ2) is 7.58. The van der Waals surface area contributed by atoms with Gasteiger partial charge in [0.15, 0.2) is 18.0 Å². The van der Waals surface area contributed by atoms with Crippen LogP contribution in [0.5, 0.6) is 0 Å². The number of esters is 1. The van der Waals surface area contributed by atoms with Crippen LogP contribution >= 0.6 is 0 Å². The summed E-state index contributed by atoms with van der Waals surface area (Å²) in [7, 11) is -3.39. The highest BCUT2D eigenvalue weighted by Gasteiger charge is 2.15. The largest absolute Gasteiger partial charge is 0.457 e. The number of Topliss-reactive ketones (excluding diaryl/α,β-unsaturated/α-hetero) is 1. The molecule has 0 saturated heterocycles. The molecule has 0 fully saturated rings. The molecule has 0 saturated carbocycles. The summed E-state index contributed by atoms with van der Waals surface area (Å²) in [6.07, 6.45) is 0.922. The average Bonchev–Trinajstić information content (AvgIpc) is 3.02. The smallest absolute Gasteiger partial charge is 0.312 e. The van der Waals surface area contributed by atoms with Gasteiger partial charge in [-0.3, -0.25) is 14.3 Å². The molecule has 140 valence electrons. The molecule has 0 aliphatic carbocycles. The maximum absolute atomic E-state index is 12.1. The number of nitrogens with one attached hydrogen (secondary N) is 1. The molecule has 0 aliphatic heterocycles. The van der Waals surface area contributed by atoms with Crippen molar-refractivity contribution >= 4 is 38.4 Å². The van der Waals surface area contributed by atoms with Gasteiger partial charge < -0.3 is 9.26 Å². The number of hydrogen-bond acceptors (Lipinski definition) is 7. The number of ether oxygens (including phenoxy) is 1. The molecule has 9 heteroatoms. The van der Waals surface area contributed by atoms with E-state index in [4.69, 9.17) is 9.26 Å². The Balaban J connectivity index is 1.56. The monoisotopic (exact) mass is 388 g/mol. The molecule has 8 nitrogen and oxygen atoms in total. The molecule has 1 N–H and O–H groups in total. The molecular formula is C18H16N2O6S. The van der Waals surface area contributed by atoms with Gasteiger partial charge in [0.1, 0.15) is 5.69 Å². The summed E-state index contributed by atoms with van der Waals surface area (Å²) in [5.74, 6) is -1.00. The Bertz CT molecular complexity index is 1090. The number of hydrogen-bond donors (Lipinski definition) is 1. The fourth-order valence-electron chi connectivity index (χ4n) is 2.42. The van der Waals surface area contributed by atoms with Gasteiger partial charge in [-0.1, -0.05) is 17.3 Å². The first-order valence-corrected chi connectivity index (χ1v) is 9.81. The minimum Gasteiger partial charge on any atom is -0.457 e. The SMILES string of the molecule is CS(=O)(=O)Nc1ccc(C(=O)COC(=O)Cc2noc3ccccc23)cc1. The number of anilines is 1. The molecule has 3 rings (SSSR count). The standard InChI is InChI=1S/C18H16N2O6S/c1-27(23,24)20-13-8-6-12(7-9-13)16(21)11-25-18(22)10-15-14-4-2-3-5-17(14)26-19-15/h2-9,20H,10-11H2,1H3. The molecule has 27 heavy (non-hydrogen) atoms. The van der Waals surface area contributed by atoms with Gasteiger partial charge in [0.05, 0.1) is 12.7 Å². The van der Waals surface area contributed by atoms with Gasteiger partial charge in [-0.15, -0.1) is 0 Å². The molecule has 0 aliphatic rings. The molecular weight excluding hydrogens is 372 g/mol. The fraction of sp³-hybridized carbons (Fsp3) is 0.167. The van der Waals surface area contributed by atoms with Gasteiger partial charge in [0, 0.05) is 16.6 Å². The Kier molecular flexibility index (Phi) is 5.22. The zero-order valence-corrected chi connectivity index (χ0v) is 15.2. The van der Waals surface area contributed by atoms with Crippen molar-refractivity contribution in [2.75, 3.05) is 17.6 Å². The van der Waals surface area contributed by atoms with Crippen molar-refractivity contribution in [1.82, 2.24) is 5.16 Å². The lowest BCUT2D eigenvalue weighted by Gasteiger charge is -2.06.